The van der Waals surface area contributed by atoms with Crippen LogP contribution in [0.2, 0.25) is 0 Å². The lowest BCUT2D eigenvalue weighted by Crippen LogP contribution is -2.40. The van der Waals surface area contributed by atoms with Crippen molar-refractivity contribution in [1.29, 1.82) is 0 Å². The number of rotatable bonds is 4. The maximum atomic E-state index is 12.8. The van der Waals surface area contributed by atoms with Gasteiger partial charge >= 0.3 is 0 Å². The van der Waals surface area contributed by atoms with Crippen molar-refractivity contribution in [3.05, 3.63) is 65.7 Å². The van der Waals surface area contributed by atoms with Gasteiger partial charge in [-0.1, -0.05) is 48.0 Å². The third kappa shape index (κ3) is 3.55. The fraction of sp³-hybridized carbons (Fsp3) is 0.350. The zero-order valence-electron chi connectivity index (χ0n) is 13.7. The van der Waals surface area contributed by atoms with Gasteiger partial charge in [0, 0.05) is 6.54 Å². The summed E-state index contributed by atoms with van der Waals surface area (Å²) in [6.45, 7) is 4.68. The summed E-state index contributed by atoms with van der Waals surface area (Å²) in [6.07, 6.45) is 1.59. The van der Waals surface area contributed by atoms with Gasteiger partial charge in [0.2, 0.25) is 0 Å². The summed E-state index contributed by atoms with van der Waals surface area (Å²) >= 11 is 0. The lowest BCUT2D eigenvalue weighted by Gasteiger charge is -2.28. The Balaban J connectivity index is 1.70. The Morgan fingerprint density at radius 1 is 1.13 bits per heavy atom. The first-order valence-electron chi connectivity index (χ1n) is 8.24. The predicted octanol–water partition coefficient (Wildman–Crippen LogP) is 4.13. The second-order valence-corrected chi connectivity index (χ2v) is 6.17. The Bertz CT molecular complexity index is 651. The molecule has 23 heavy (non-hydrogen) atoms. The number of aryl methyl sites for hydroxylation is 1. The van der Waals surface area contributed by atoms with E-state index in [-0.39, 0.29) is 11.9 Å². The average Bonchev–Trinajstić information content (AvgIpc) is 3.06. The van der Waals surface area contributed by atoms with Crippen molar-refractivity contribution in [2.45, 2.75) is 38.8 Å². The summed E-state index contributed by atoms with van der Waals surface area (Å²) in [5.74, 6) is 0.809. The van der Waals surface area contributed by atoms with Gasteiger partial charge in [-0.2, -0.15) is 0 Å². The number of carbonyl (C=O) groups excluding carboxylic acids is 1. The molecule has 2 unspecified atom stereocenters. The van der Waals surface area contributed by atoms with Gasteiger partial charge in [-0.05, 0) is 44.4 Å². The minimum Gasteiger partial charge on any atom is -0.481 e. The van der Waals surface area contributed by atoms with Gasteiger partial charge < -0.3 is 9.64 Å². The third-order valence-electron chi connectivity index (χ3n) is 4.40. The van der Waals surface area contributed by atoms with Gasteiger partial charge in [0.1, 0.15) is 5.75 Å². The van der Waals surface area contributed by atoms with Crippen molar-refractivity contribution in [1.82, 2.24) is 4.90 Å². The second kappa shape index (κ2) is 6.86. The zero-order valence-corrected chi connectivity index (χ0v) is 13.7. The van der Waals surface area contributed by atoms with Gasteiger partial charge in [0.15, 0.2) is 6.10 Å². The number of ether oxygens (including phenoxy) is 1. The minimum absolute atomic E-state index is 0.0666. The predicted molar refractivity (Wildman–Crippen MR) is 91.4 cm³/mol. The van der Waals surface area contributed by atoms with Crippen LogP contribution in [0.5, 0.6) is 5.75 Å². The van der Waals surface area contributed by atoms with Crippen LogP contribution in [0, 0.1) is 6.92 Å². The van der Waals surface area contributed by atoms with E-state index in [1.54, 1.807) is 0 Å². The van der Waals surface area contributed by atoms with E-state index in [0.29, 0.717) is 0 Å². The van der Waals surface area contributed by atoms with Crippen LogP contribution in [-0.2, 0) is 4.79 Å². The lowest BCUT2D eigenvalue weighted by atomic mass is 10.0. The van der Waals surface area contributed by atoms with Crippen LogP contribution in [0.15, 0.2) is 54.6 Å². The fourth-order valence-electron chi connectivity index (χ4n) is 3.16. The lowest BCUT2D eigenvalue weighted by molar-refractivity contribution is -0.138. The van der Waals surface area contributed by atoms with Crippen molar-refractivity contribution in [2.75, 3.05) is 6.54 Å². The molecule has 2 aromatic rings. The quantitative estimate of drug-likeness (QED) is 0.850. The summed E-state index contributed by atoms with van der Waals surface area (Å²) in [5.41, 5.74) is 2.39. The van der Waals surface area contributed by atoms with E-state index in [4.69, 9.17) is 4.74 Å². The SMILES string of the molecule is Cc1ccc(OC(C)C(=O)N2CCCC2c2ccccc2)cc1. The highest BCUT2D eigenvalue weighted by molar-refractivity contribution is 5.81. The van der Waals surface area contributed by atoms with E-state index in [1.807, 2.05) is 61.2 Å². The molecule has 0 aromatic heterocycles. The molecule has 1 saturated heterocycles. The molecule has 0 bridgehead atoms. The Labute approximate surface area is 137 Å². The summed E-state index contributed by atoms with van der Waals surface area (Å²) in [5, 5.41) is 0. The molecule has 0 aliphatic carbocycles. The van der Waals surface area contributed by atoms with E-state index in [9.17, 15) is 4.79 Å². The average molecular weight is 309 g/mol. The zero-order chi connectivity index (χ0) is 16.2. The number of hydrogen-bond acceptors (Lipinski definition) is 2. The summed E-state index contributed by atoms with van der Waals surface area (Å²) in [6, 6.07) is 18.3. The molecular formula is C20H23NO2. The van der Waals surface area contributed by atoms with E-state index >= 15 is 0 Å². The highest BCUT2D eigenvalue weighted by Gasteiger charge is 2.33. The first kappa shape index (κ1) is 15.6. The van der Waals surface area contributed by atoms with E-state index in [2.05, 4.69) is 12.1 Å². The van der Waals surface area contributed by atoms with Gasteiger partial charge in [-0.3, -0.25) is 4.79 Å². The molecule has 3 heteroatoms. The molecule has 3 rings (SSSR count). The van der Waals surface area contributed by atoms with Crippen LogP contribution in [0.4, 0.5) is 0 Å². The molecule has 2 aromatic carbocycles. The number of amides is 1. The molecular weight excluding hydrogens is 286 g/mol. The van der Waals surface area contributed by atoms with Crippen LogP contribution in [0.1, 0.15) is 36.9 Å². The Morgan fingerprint density at radius 3 is 2.52 bits per heavy atom. The molecule has 1 fully saturated rings. The molecule has 0 spiro atoms. The topological polar surface area (TPSA) is 29.5 Å². The monoisotopic (exact) mass is 309 g/mol. The molecule has 1 aliphatic rings. The van der Waals surface area contributed by atoms with Gasteiger partial charge in [-0.25, -0.2) is 0 Å². The highest BCUT2D eigenvalue weighted by Crippen LogP contribution is 2.32. The highest BCUT2D eigenvalue weighted by atomic mass is 16.5. The third-order valence-corrected chi connectivity index (χ3v) is 4.40. The van der Waals surface area contributed by atoms with Crippen LogP contribution < -0.4 is 4.74 Å². The van der Waals surface area contributed by atoms with Gasteiger partial charge in [0.25, 0.3) is 5.91 Å². The summed E-state index contributed by atoms with van der Waals surface area (Å²) in [4.78, 5) is 14.8. The molecule has 0 radical (unpaired) electrons. The van der Waals surface area contributed by atoms with Crippen LogP contribution in [0.3, 0.4) is 0 Å². The maximum Gasteiger partial charge on any atom is 0.263 e. The molecule has 0 N–H and O–H groups in total. The Hall–Kier alpha value is -2.29. The molecule has 120 valence electrons. The largest absolute Gasteiger partial charge is 0.481 e. The fourth-order valence-corrected chi connectivity index (χ4v) is 3.16. The summed E-state index contributed by atoms with van der Waals surface area (Å²) < 4.78 is 5.84. The number of carbonyl (C=O) groups is 1. The molecule has 1 amide bonds. The molecule has 3 nitrogen and oxygen atoms in total. The summed E-state index contributed by atoms with van der Waals surface area (Å²) in [7, 11) is 0. The first-order valence-corrected chi connectivity index (χ1v) is 8.24. The smallest absolute Gasteiger partial charge is 0.263 e. The number of hydrogen-bond donors (Lipinski definition) is 0. The van der Waals surface area contributed by atoms with E-state index in [0.717, 1.165) is 25.1 Å². The minimum atomic E-state index is -0.470. The van der Waals surface area contributed by atoms with Crippen LogP contribution in [-0.4, -0.2) is 23.5 Å². The number of nitrogens with zero attached hydrogens (tertiary/aromatic N) is 1. The Morgan fingerprint density at radius 2 is 1.83 bits per heavy atom. The molecule has 1 aliphatic heterocycles. The molecule has 1 heterocycles. The van der Waals surface area contributed by atoms with Crippen molar-refractivity contribution in [2.24, 2.45) is 0 Å². The molecule has 0 saturated carbocycles. The first-order chi connectivity index (χ1) is 11.1. The standard InChI is InChI=1S/C20H23NO2/c1-15-10-12-18(13-11-15)23-16(2)20(22)21-14-6-9-19(21)17-7-4-3-5-8-17/h3-5,7-8,10-13,16,19H,6,9,14H2,1-2H3. The van der Waals surface area contributed by atoms with E-state index < -0.39 is 6.10 Å². The maximum absolute atomic E-state index is 12.8. The van der Waals surface area contributed by atoms with Crippen molar-refractivity contribution in [3.63, 3.8) is 0 Å². The number of benzene rings is 2. The molecule has 2 atom stereocenters. The van der Waals surface area contributed by atoms with Crippen LogP contribution >= 0.6 is 0 Å². The van der Waals surface area contributed by atoms with Crippen molar-refractivity contribution < 1.29 is 9.53 Å². The van der Waals surface area contributed by atoms with Crippen molar-refractivity contribution in [3.8, 4) is 5.75 Å². The van der Waals surface area contributed by atoms with Crippen LogP contribution in [0.25, 0.3) is 0 Å². The van der Waals surface area contributed by atoms with E-state index in [1.165, 1.54) is 11.1 Å². The Kier molecular flexibility index (Phi) is 4.65. The van der Waals surface area contributed by atoms with Crippen molar-refractivity contribution >= 4 is 5.91 Å². The normalized spacial score (nSPS) is 18.7. The van der Waals surface area contributed by atoms with Gasteiger partial charge in [0.05, 0.1) is 6.04 Å². The second-order valence-electron chi connectivity index (χ2n) is 6.17. The number of likely N-dealkylation sites (tertiary alicyclic amines) is 1. The van der Waals surface area contributed by atoms with Gasteiger partial charge in [-0.15, -0.1) is 0 Å².